The van der Waals surface area contributed by atoms with Crippen molar-refractivity contribution in [1.29, 1.82) is 0 Å². The summed E-state index contributed by atoms with van der Waals surface area (Å²) in [5, 5.41) is 0. The molecule has 5 heteroatoms. The van der Waals surface area contributed by atoms with Crippen molar-refractivity contribution in [2.24, 2.45) is 0 Å². The topological polar surface area (TPSA) is 49.9 Å². The number of hydrogen-bond acceptors (Lipinski definition) is 4. The van der Waals surface area contributed by atoms with Gasteiger partial charge in [-0.3, -0.25) is 14.5 Å². The lowest BCUT2D eigenvalue weighted by Crippen LogP contribution is -2.40. The second-order valence-electron chi connectivity index (χ2n) is 7.47. The van der Waals surface area contributed by atoms with Crippen LogP contribution >= 0.6 is 0 Å². The molecule has 0 radical (unpaired) electrons. The number of ether oxygens (including phenoxy) is 1. The number of carbonyl (C=O) groups is 2. The van der Waals surface area contributed by atoms with E-state index in [2.05, 4.69) is 17.0 Å². The Balaban J connectivity index is 1.80. The van der Waals surface area contributed by atoms with E-state index in [1.807, 2.05) is 50.2 Å². The minimum atomic E-state index is -0.223. The summed E-state index contributed by atoms with van der Waals surface area (Å²) >= 11 is 0. The van der Waals surface area contributed by atoms with E-state index in [4.69, 9.17) is 4.74 Å². The third-order valence-electron chi connectivity index (χ3n) is 5.43. The minimum absolute atomic E-state index is 0.192. The molecule has 0 aromatic heterocycles. The molecule has 2 aliphatic rings. The molecule has 0 saturated carbocycles. The highest BCUT2D eigenvalue weighted by atomic mass is 16.5. The van der Waals surface area contributed by atoms with Gasteiger partial charge in [0.15, 0.2) is 0 Å². The number of fused-ring (bicyclic) bond motifs is 1. The van der Waals surface area contributed by atoms with Gasteiger partial charge in [-0.1, -0.05) is 36.4 Å². The van der Waals surface area contributed by atoms with E-state index in [1.165, 1.54) is 16.0 Å². The van der Waals surface area contributed by atoms with Crippen molar-refractivity contribution in [3.8, 4) is 5.75 Å². The summed E-state index contributed by atoms with van der Waals surface area (Å²) in [7, 11) is 1.61. The maximum atomic E-state index is 13.3. The van der Waals surface area contributed by atoms with E-state index < -0.39 is 0 Å². The fourth-order valence-corrected chi connectivity index (χ4v) is 4.00. The molecule has 2 aromatic rings. The van der Waals surface area contributed by atoms with E-state index in [0.29, 0.717) is 17.8 Å². The van der Waals surface area contributed by atoms with E-state index >= 15 is 0 Å². The zero-order valence-electron chi connectivity index (χ0n) is 16.4. The van der Waals surface area contributed by atoms with Crippen LogP contribution in [0.3, 0.4) is 0 Å². The zero-order chi connectivity index (χ0) is 19.8. The highest BCUT2D eigenvalue weighted by Crippen LogP contribution is 2.35. The summed E-state index contributed by atoms with van der Waals surface area (Å²) in [6.07, 6.45) is 0.860. The Morgan fingerprint density at radius 1 is 0.929 bits per heavy atom. The smallest absolute Gasteiger partial charge is 0.278 e. The lowest BCUT2D eigenvalue weighted by molar-refractivity contribution is -0.139. The molecule has 144 valence electrons. The van der Waals surface area contributed by atoms with Crippen molar-refractivity contribution >= 4 is 17.4 Å². The fourth-order valence-electron chi connectivity index (χ4n) is 4.00. The summed E-state index contributed by atoms with van der Waals surface area (Å²) in [6, 6.07) is 15.4. The van der Waals surface area contributed by atoms with Gasteiger partial charge in [-0.05, 0) is 49.1 Å². The number of benzene rings is 2. The molecule has 2 aromatic carbocycles. The van der Waals surface area contributed by atoms with Gasteiger partial charge >= 0.3 is 0 Å². The minimum Gasteiger partial charge on any atom is -0.497 e. The molecule has 0 atom stereocenters. The number of rotatable bonds is 4. The van der Waals surface area contributed by atoms with Crippen LogP contribution in [-0.2, 0) is 22.6 Å². The molecule has 0 unspecified atom stereocenters. The van der Waals surface area contributed by atoms with Crippen LogP contribution in [0, 0.1) is 0 Å². The first kappa shape index (κ1) is 18.3. The molecule has 0 spiro atoms. The van der Waals surface area contributed by atoms with Gasteiger partial charge in [0.1, 0.15) is 11.4 Å². The molecule has 5 nitrogen and oxygen atoms in total. The number of imide groups is 1. The Morgan fingerprint density at radius 2 is 1.61 bits per heavy atom. The van der Waals surface area contributed by atoms with Crippen molar-refractivity contribution < 1.29 is 14.3 Å². The highest BCUT2D eigenvalue weighted by molar-refractivity contribution is 6.35. The summed E-state index contributed by atoms with van der Waals surface area (Å²) in [4.78, 5) is 29.9. The van der Waals surface area contributed by atoms with Crippen LogP contribution in [0.15, 0.2) is 54.2 Å². The number of carbonyl (C=O) groups excluding carboxylic acids is 2. The fraction of sp³-hybridized carbons (Fsp3) is 0.304. The molecule has 2 heterocycles. The second-order valence-corrected chi connectivity index (χ2v) is 7.47. The quantitative estimate of drug-likeness (QED) is 0.769. The van der Waals surface area contributed by atoms with Gasteiger partial charge in [0.25, 0.3) is 11.8 Å². The van der Waals surface area contributed by atoms with Gasteiger partial charge < -0.3 is 9.64 Å². The first-order valence-electron chi connectivity index (χ1n) is 9.59. The van der Waals surface area contributed by atoms with Crippen LogP contribution in [0.25, 0.3) is 5.57 Å². The van der Waals surface area contributed by atoms with E-state index in [1.54, 1.807) is 7.11 Å². The van der Waals surface area contributed by atoms with E-state index in [9.17, 15) is 9.59 Å². The molecule has 0 aliphatic carbocycles. The van der Waals surface area contributed by atoms with Crippen molar-refractivity contribution in [2.45, 2.75) is 32.9 Å². The molecule has 2 amide bonds. The van der Waals surface area contributed by atoms with Crippen molar-refractivity contribution in [3.63, 3.8) is 0 Å². The number of nitrogens with zero attached hydrogens (tertiary/aromatic N) is 2. The lowest BCUT2D eigenvalue weighted by Gasteiger charge is -2.31. The molecule has 28 heavy (non-hydrogen) atoms. The van der Waals surface area contributed by atoms with Crippen LogP contribution in [0.4, 0.5) is 0 Å². The number of amides is 2. The molecule has 0 fully saturated rings. The third kappa shape index (κ3) is 2.97. The summed E-state index contributed by atoms with van der Waals surface area (Å²) in [5.41, 5.74) is 4.26. The monoisotopic (exact) mass is 376 g/mol. The van der Waals surface area contributed by atoms with Crippen molar-refractivity contribution in [3.05, 3.63) is 70.9 Å². The van der Waals surface area contributed by atoms with Crippen LogP contribution < -0.4 is 4.74 Å². The molecular weight excluding hydrogens is 352 g/mol. The van der Waals surface area contributed by atoms with Crippen LogP contribution in [0.5, 0.6) is 5.75 Å². The molecule has 0 saturated heterocycles. The Hall–Kier alpha value is -3.08. The maximum Gasteiger partial charge on any atom is 0.278 e. The van der Waals surface area contributed by atoms with Crippen LogP contribution in [0.2, 0.25) is 0 Å². The zero-order valence-corrected chi connectivity index (χ0v) is 16.4. The average molecular weight is 376 g/mol. The predicted octanol–water partition coefficient (Wildman–Crippen LogP) is 3.24. The Kier molecular flexibility index (Phi) is 4.67. The summed E-state index contributed by atoms with van der Waals surface area (Å²) in [6.45, 7) is 5.10. The normalized spacial score (nSPS) is 16.9. The van der Waals surface area contributed by atoms with Gasteiger partial charge in [-0.2, -0.15) is 0 Å². The first-order valence-corrected chi connectivity index (χ1v) is 9.59. The number of hydrogen-bond donors (Lipinski definition) is 0. The second kappa shape index (κ2) is 7.15. The Bertz CT molecular complexity index is 960. The van der Waals surface area contributed by atoms with Crippen LogP contribution in [0.1, 0.15) is 30.5 Å². The van der Waals surface area contributed by atoms with Gasteiger partial charge in [0.05, 0.1) is 12.7 Å². The predicted molar refractivity (Wildman–Crippen MR) is 107 cm³/mol. The molecule has 4 rings (SSSR count). The first-order chi connectivity index (χ1) is 13.5. The van der Waals surface area contributed by atoms with Gasteiger partial charge in [0.2, 0.25) is 0 Å². The molecular formula is C23H24N2O3. The van der Waals surface area contributed by atoms with E-state index in [-0.39, 0.29) is 17.9 Å². The van der Waals surface area contributed by atoms with Gasteiger partial charge in [0, 0.05) is 19.1 Å². The van der Waals surface area contributed by atoms with Crippen molar-refractivity contribution in [2.75, 3.05) is 13.7 Å². The standard InChI is InChI=1S/C23H24N2O3/c1-15(2)25-22(26)20(17-8-10-19(28-3)11-9-17)21(23(25)27)24-13-12-16-6-4-5-7-18(16)14-24/h4-11,15H,12-14H2,1-3H3. The Morgan fingerprint density at radius 3 is 2.25 bits per heavy atom. The summed E-state index contributed by atoms with van der Waals surface area (Å²) in [5.74, 6) is 0.291. The molecule has 2 aliphatic heterocycles. The lowest BCUT2D eigenvalue weighted by atomic mass is 9.98. The van der Waals surface area contributed by atoms with Crippen molar-refractivity contribution in [1.82, 2.24) is 9.80 Å². The Labute approximate surface area is 165 Å². The van der Waals surface area contributed by atoms with E-state index in [0.717, 1.165) is 24.3 Å². The maximum absolute atomic E-state index is 13.3. The van der Waals surface area contributed by atoms with Gasteiger partial charge in [-0.25, -0.2) is 0 Å². The number of methoxy groups -OCH3 is 1. The average Bonchev–Trinajstić information content (AvgIpc) is 2.98. The SMILES string of the molecule is COc1ccc(C2=C(N3CCc4ccccc4C3)C(=O)N(C(C)C)C2=O)cc1. The molecule has 0 bridgehead atoms. The molecule has 0 N–H and O–H groups in total. The van der Waals surface area contributed by atoms with Gasteiger partial charge in [-0.15, -0.1) is 0 Å². The summed E-state index contributed by atoms with van der Waals surface area (Å²) < 4.78 is 5.23. The van der Waals surface area contributed by atoms with Crippen LogP contribution in [-0.4, -0.2) is 41.3 Å². The highest BCUT2D eigenvalue weighted by Gasteiger charge is 2.43. The third-order valence-corrected chi connectivity index (χ3v) is 5.43. The largest absolute Gasteiger partial charge is 0.497 e.